The summed E-state index contributed by atoms with van der Waals surface area (Å²) in [5.74, 6) is -2.48. The van der Waals surface area contributed by atoms with Crippen molar-refractivity contribution in [1.82, 2.24) is 15.0 Å². The molecule has 7 aromatic carbocycles. The van der Waals surface area contributed by atoms with E-state index in [1.165, 1.54) is 0 Å². The Morgan fingerprint density at radius 1 is 0.362 bits per heavy atom. The number of nitrogens with zero attached hydrogens (tertiary/aromatic N) is 3. The first-order chi connectivity index (χ1) is 34.5. The molecule has 2 aromatic heterocycles. The van der Waals surface area contributed by atoms with Gasteiger partial charge in [0.2, 0.25) is 0 Å². The molecule has 0 bridgehead atoms. The van der Waals surface area contributed by atoms with Crippen LogP contribution in [0, 0.1) is 0 Å². The molecule has 0 N–H and O–H groups in total. The number of benzene rings is 7. The highest BCUT2D eigenvalue weighted by Crippen LogP contribution is 2.37. The second-order valence-electron chi connectivity index (χ2n) is 9.57. The van der Waals surface area contributed by atoms with Gasteiger partial charge in [-0.3, -0.25) is 0 Å². The summed E-state index contributed by atoms with van der Waals surface area (Å²) in [5, 5.41) is -1.97. The Morgan fingerprint density at radius 3 is 1.64 bits per heavy atom. The van der Waals surface area contributed by atoms with Crippen molar-refractivity contribution in [3.63, 3.8) is 0 Å². The van der Waals surface area contributed by atoms with E-state index in [2.05, 4.69) is 15.0 Å². The lowest BCUT2D eigenvalue weighted by molar-refractivity contribution is 0.669. The van der Waals surface area contributed by atoms with Crippen molar-refractivity contribution < 1.29 is 41.4 Å². The Bertz CT molecular complexity index is 4020. The Hall–Kier alpha value is -6.39. The van der Waals surface area contributed by atoms with E-state index in [-0.39, 0.29) is 0 Å². The number of hydrogen-bond donors (Lipinski definition) is 0. The maximum Gasteiger partial charge on any atom is 0.164 e. The average Bonchev–Trinajstić information content (AvgIpc) is 3.77. The van der Waals surface area contributed by atoms with Gasteiger partial charge in [0.25, 0.3) is 0 Å². The molecular weight excluding hydrogens is 574 g/mol. The van der Waals surface area contributed by atoms with E-state index < -0.39 is 252 Å². The zero-order valence-electron chi connectivity index (χ0n) is 50.2. The molecule has 0 atom stereocenters. The molecule has 0 radical (unpaired) electrons. The van der Waals surface area contributed by atoms with Crippen LogP contribution in [0.5, 0.6) is 0 Å². The SMILES string of the molecule is [2H]c1c([2H])c([2H])c(-c2nc(-c3c([2H])c([2H])c(-c4c([2H])c([2H])c(-c5c([2H])c([2H])c([2H])c6c([2H])c([2H])c([2H])c([2H])c56)c([2H])c4[2H])c([2H])c3[2H])nc(-c3c([2H])c([2H])c([2H])c4oc5c([2H])c([2H])c([2H])c([2H])c5c34)n2)c([2H])c1[2H]. The summed E-state index contributed by atoms with van der Waals surface area (Å²) in [6.07, 6.45) is 0. The van der Waals surface area contributed by atoms with Crippen molar-refractivity contribution in [2.45, 2.75) is 0 Å². The minimum Gasteiger partial charge on any atom is -0.456 e. The molecule has 0 unspecified atom stereocenters. The van der Waals surface area contributed by atoms with Crippen molar-refractivity contribution >= 4 is 32.7 Å². The summed E-state index contributed by atoms with van der Waals surface area (Å²) in [4.78, 5) is 12.9. The van der Waals surface area contributed by atoms with E-state index in [0.717, 1.165) is 0 Å². The fourth-order valence-electron chi connectivity index (χ4n) is 4.71. The summed E-state index contributed by atoms with van der Waals surface area (Å²) in [6, 6.07) is -24.1. The van der Waals surface area contributed by atoms with E-state index in [4.69, 9.17) is 35.9 Å². The van der Waals surface area contributed by atoms with Gasteiger partial charge in [0, 0.05) is 27.5 Å². The Morgan fingerprint density at radius 2 is 0.872 bits per heavy atom. The first kappa shape index (κ1) is 11.1. The lowest BCUT2D eigenvalue weighted by Crippen LogP contribution is -2.00. The molecule has 47 heavy (non-hydrogen) atoms. The monoisotopic (exact) mass is 628 g/mol. The fraction of sp³-hybridized carbons (Fsp3) is 0. The number of hydrogen-bond acceptors (Lipinski definition) is 4. The predicted octanol–water partition coefficient (Wildman–Crippen LogP) is 11.3. The van der Waals surface area contributed by atoms with E-state index in [1.807, 2.05) is 0 Å². The molecule has 0 saturated heterocycles. The Balaban J connectivity index is 1.37. The second-order valence-corrected chi connectivity index (χ2v) is 9.57. The first-order valence-electron chi connectivity index (χ1n) is 27.0. The standard InChI is InChI=1S/C43H27N3O/c1-2-11-32(12-3-1)41-44-42(46-43(45-41)37-17-9-19-39-40(37)36-15-6-7-18-38(36)47-39)33-26-22-29(23-27-33)28-20-24-31(25-21-28)35-16-8-13-30-10-4-5-14-34(30)35/h1-27H/i1D,2D,3D,4D,5D,6D,7D,8D,9D,10D,11D,12D,13D,14D,15D,16D,17D,18D,19D,20D,21D,22D,23D,24D,25D,26D,27D. The van der Waals surface area contributed by atoms with Gasteiger partial charge in [0.15, 0.2) is 17.5 Å². The number of para-hydroxylation sites is 1. The molecule has 0 amide bonds. The minimum atomic E-state index is -1.07. The molecule has 0 aliphatic heterocycles. The summed E-state index contributed by atoms with van der Waals surface area (Å²) < 4.78 is 241. The van der Waals surface area contributed by atoms with Gasteiger partial charge in [-0.1, -0.05) is 151 Å². The lowest BCUT2D eigenvalue weighted by atomic mass is 9.96. The van der Waals surface area contributed by atoms with Crippen LogP contribution in [0.3, 0.4) is 0 Å². The van der Waals surface area contributed by atoms with Gasteiger partial charge in [0.1, 0.15) is 11.2 Å². The van der Waals surface area contributed by atoms with Gasteiger partial charge in [0.05, 0.1) is 37.0 Å². The molecule has 0 spiro atoms. The third-order valence-electron chi connectivity index (χ3n) is 6.82. The minimum absolute atomic E-state index is 0.418. The van der Waals surface area contributed by atoms with Crippen molar-refractivity contribution in [1.29, 1.82) is 0 Å². The number of fused-ring (bicyclic) bond motifs is 4. The van der Waals surface area contributed by atoms with Crippen LogP contribution in [0.25, 0.3) is 89.1 Å². The van der Waals surface area contributed by atoms with Gasteiger partial charge in [-0.25, -0.2) is 15.0 Å². The zero-order chi connectivity index (χ0) is 54.7. The number of aromatic nitrogens is 3. The topological polar surface area (TPSA) is 51.8 Å². The molecule has 9 rings (SSSR count). The highest BCUT2D eigenvalue weighted by Gasteiger charge is 2.17. The third kappa shape index (κ3) is 4.84. The van der Waals surface area contributed by atoms with Crippen molar-refractivity contribution in [2.75, 3.05) is 0 Å². The van der Waals surface area contributed by atoms with Crippen LogP contribution in [0.4, 0.5) is 0 Å². The van der Waals surface area contributed by atoms with Crippen LogP contribution in [-0.4, -0.2) is 15.0 Å². The molecule has 0 saturated carbocycles. The Kier molecular flexibility index (Phi) is 2.66. The maximum absolute atomic E-state index is 9.28. The van der Waals surface area contributed by atoms with Crippen LogP contribution < -0.4 is 0 Å². The summed E-state index contributed by atoms with van der Waals surface area (Å²) in [5.41, 5.74) is -6.37. The van der Waals surface area contributed by atoms with Crippen molar-refractivity contribution in [3.8, 4) is 56.4 Å². The van der Waals surface area contributed by atoms with Gasteiger partial charge in [-0.15, -0.1) is 0 Å². The van der Waals surface area contributed by atoms with Crippen molar-refractivity contribution in [2.24, 2.45) is 0 Å². The van der Waals surface area contributed by atoms with Crippen molar-refractivity contribution in [3.05, 3.63) is 163 Å². The van der Waals surface area contributed by atoms with E-state index in [9.17, 15) is 5.48 Å². The molecule has 0 aliphatic carbocycles. The van der Waals surface area contributed by atoms with Crippen LogP contribution in [0.1, 0.15) is 37.0 Å². The summed E-state index contributed by atoms with van der Waals surface area (Å²) >= 11 is 0. The van der Waals surface area contributed by atoms with Gasteiger partial charge >= 0.3 is 0 Å². The van der Waals surface area contributed by atoms with Gasteiger partial charge < -0.3 is 4.42 Å². The average molecular weight is 629 g/mol. The van der Waals surface area contributed by atoms with Crippen LogP contribution in [0.2, 0.25) is 0 Å². The molecule has 0 fully saturated rings. The molecule has 4 heteroatoms. The van der Waals surface area contributed by atoms with E-state index >= 15 is 0 Å². The zero-order valence-corrected chi connectivity index (χ0v) is 23.2. The highest BCUT2D eigenvalue weighted by atomic mass is 16.3. The molecule has 9 aromatic rings. The van der Waals surface area contributed by atoms with Crippen LogP contribution in [-0.2, 0) is 0 Å². The van der Waals surface area contributed by atoms with E-state index in [1.54, 1.807) is 0 Å². The first-order valence-corrected chi connectivity index (χ1v) is 13.5. The van der Waals surface area contributed by atoms with Gasteiger partial charge in [-0.2, -0.15) is 0 Å². The third-order valence-corrected chi connectivity index (χ3v) is 6.82. The highest BCUT2D eigenvalue weighted by molar-refractivity contribution is 6.11. The van der Waals surface area contributed by atoms with Gasteiger partial charge in [-0.05, 0) is 45.1 Å². The summed E-state index contributed by atoms with van der Waals surface area (Å²) in [7, 11) is 0. The maximum atomic E-state index is 9.28. The Labute approximate surface area is 309 Å². The molecule has 0 aliphatic rings. The second kappa shape index (κ2) is 11.2. The molecule has 2 heterocycles. The lowest BCUT2D eigenvalue weighted by Gasteiger charge is -2.10. The molecule has 4 nitrogen and oxygen atoms in total. The van der Waals surface area contributed by atoms with E-state index in [0.29, 0.717) is 0 Å². The normalized spacial score (nSPS) is 19.4. The largest absolute Gasteiger partial charge is 0.456 e. The fourth-order valence-corrected chi connectivity index (χ4v) is 4.71. The quantitative estimate of drug-likeness (QED) is 0.190. The summed E-state index contributed by atoms with van der Waals surface area (Å²) in [6.45, 7) is 0. The number of rotatable bonds is 5. The van der Waals surface area contributed by atoms with Crippen LogP contribution in [0.15, 0.2) is 168 Å². The smallest absolute Gasteiger partial charge is 0.164 e. The molecular formula is C43H27N3O. The predicted molar refractivity (Wildman–Crippen MR) is 192 cm³/mol. The van der Waals surface area contributed by atoms with Crippen LogP contribution >= 0.6 is 0 Å². The molecule has 220 valence electrons. The number of furan rings is 1.